The summed E-state index contributed by atoms with van der Waals surface area (Å²) in [5.74, 6) is -0.637. The van der Waals surface area contributed by atoms with E-state index in [1.165, 1.54) is 12.1 Å². The Hall–Kier alpha value is -1.62. The molecule has 0 heterocycles. The smallest absolute Gasteiger partial charge is 0.237 e. The third kappa shape index (κ3) is 3.70. The molecule has 18 heavy (non-hydrogen) atoms. The van der Waals surface area contributed by atoms with Gasteiger partial charge in [0, 0.05) is 18.7 Å². The fraction of sp³-hybridized carbons (Fsp3) is 0.462. The third-order valence-electron chi connectivity index (χ3n) is 2.87. The number of carbonyl (C=O) groups excluding carboxylic acids is 1. The van der Waals surface area contributed by atoms with Gasteiger partial charge in [0.15, 0.2) is 0 Å². The van der Waals surface area contributed by atoms with E-state index in [1.54, 1.807) is 6.92 Å². The van der Waals surface area contributed by atoms with Crippen LogP contribution >= 0.6 is 0 Å². The van der Waals surface area contributed by atoms with Crippen LogP contribution in [0, 0.1) is 5.82 Å². The third-order valence-corrected chi connectivity index (χ3v) is 2.87. The highest BCUT2D eigenvalue weighted by Gasteiger charge is 2.25. The van der Waals surface area contributed by atoms with E-state index < -0.39 is 5.82 Å². The SMILES string of the molecule is CC(NCc1cc(O)cc(F)c1)C(=O)NC1CC1. The molecule has 1 amide bonds. The molecule has 1 aliphatic carbocycles. The summed E-state index contributed by atoms with van der Waals surface area (Å²) in [4.78, 5) is 11.7. The van der Waals surface area contributed by atoms with Crippen LogP contribution in [0.1, 0.15) is 25.3 Å². The van der Waals surface area contributed by atoms with Crippen molar-refractivity contribution in [3.8, 4) is 5.75 Å². The molecule has 4 nitrogen and oxygen atoms in total. The topological polar surface area (TPSA) is 61.4 Å². The first-order valence-electron chi connectivity index (χ1n) is 6.07. The molecular formula is C13H17FN2O2. The first kappa shape index (κ1) is 12.8. The van der Waals surface area contributed by atoms with Gasteiger partial charge in [-0.2, -0.15) is 0 Å². The lowest BCUT2D eigenvalue weighted by Gasteiger charge is -2.13. The van der Waals surface area contributed by atoms with Crippen molar-refractivity contribution < 1.29 is 14.3 Å². The highest BCUT2D eigenvalue weighted by molar-refractivity contribution is 5.81. The van der Waals surface area contributed by atoms with Crippen molar-refractivity contribution in [3.05, 3.63) is 29.6 Å². The standard InChI is InChI=1S/C13H17FN2O2/c1-8(13(18)16-11-2-3-11)15-7-9-4-10(14)6-12(17)5-9/h4-6,8,11,15,17H,2-3,7H2,1H3,(H,16,18). The van der Waals surface area contributed by atoms with Crippen LogP contribution in [0.5, 0.6) is 5.75 Å². The average Bonchev–Trinajstić information content (AvgIpc) is 3.08. The van der Waals surface area contributed by atoms with Crippen molar-refractivity contribution in [3.63, 3.8) is 0 Å². The fourth-order valence-electron chi connectivity index (χ4n) is 1.65. The molecule has 0 radical (unpaired) electrons. The number of carbonyl (C=O) groups is 1. The number of amides is 1. The molecule has 1 atom stereocenters. The van der Waals surface area contributed by atoms with Crippen LogP contribution in [-0.4, -0.2) is 23.1 Å². The Morgan fingerprint density at radius 3 is 2.83 bits per heavy atom. The number of phenolic OH excluding ortho intramolecular Hbond substituents is 1. The highest BCUT2D eigenvalue weighted by atomic mass is 19.1. The van der Waals surface area contributed by atoms with Gasteiger partial charge in [-0.25, -0.2) is 4.39 Å². The van der Waals surface area contributed by atoms with Gasteiger partial charge in [-0.3, -0.25) is 4.79 Å². The van der Waals surface area contributed by atoms with Crippen LogP contribution in [0.4, 0.5) is 4.39 Å². The molecule has 1 aromatic carbocycles. The molecule has 1 fully saturated rings. The molecule has 1 aromatic rings. The van der Waals surface area contributed by atoms with Gasteiger partial charge in [0.05, 0.1) is 6.04 Å². The predicted octanol–water partition coefficient (Wildman–Crippen LogP) is 1.29. The summed E-state index contributed by atoms with van der Waals surface area (Å²) in [6.45, 7) is 2.10. The lowest BCUT2D eigenvalue weighted by molar-refractivity contribution is -0.122. The van der Waals surface area contributed by atoms with Gasteiger partial charge >= 0.3 is 0 Å². The van der Waals surface area contributed by atoms with Gasteiger partial charge in [-0.15, -0.1) is 0 Å². The monoisotopic (exact) mass is 252 g/mol. The second-order valence-corrected chi connectivity index (χ2v) is 4.70. The first-order chi connectivity index (χ1) is 8.54. The number of nitrogens with one attached hydrogen (secondary N) is 2. The molecule has 0 saturated heterocycles. The van der Waals surface area contributed by atoms with Crippen LogP contribution in [0.25, 0.3) is 0 Å². The zero-order valence-electron chi connectivity index (χ0n) is 10.2. The summed E-state index contributed by atoms with van der Waals surface area (Å²) in [5, 5.41) is 15.1. The van der Waals surface area contributed by atoms with Crippen molar-refractivity contribution in [2.75, 3.05) is 0 Å². The number of aromatic hydroxyl groups is 1. The number of phenols is 1. The summed E-state index contributed by atoms with van der Waals surface area (Å²) >= 11 is 0. The van der Waals surface area contributed by atoms with Crippen molar-refractivity contribution in [2.24, 2.45) is 0 Å². The Morgan fingerprint density at radius 2 is 2.22 bits per heavy atom. The van der Waals surface area contributed by atoms with Gasteiger partial charge in [-0.1, -0.05) is 0 Å². The molecule has 0 aromatic heterocycles. The number of halogens is 1. The Kier molecular flexibility index (Phi) is 3.81. The highest BCUT2D eigenvalue weighted by Crippen LogP contribution is 2.18. The fourth-order valence-corrected chi connectivity index (χ4v) is 1.65. The second kappa shape index (κ2) is 5.35. The van der Waals surface area contributed by atoms with Crippen LogP contribution in [0.3, 0.4) is 0 Å². The molecular weight excluding hydrogens is 235 g/mol. The second-order valence-electron chi connectivity index (χ2n) is 4.70. The summed E-state index contributed by atoms with van der Waals surface area (Å²) in [6, 6.07) is 3.85. The minimum absolute atomic E-state index is 0.0434. The Bertz CT molecular complexity index is 426. The largest absolute Gasteiger partial charge is 0.508 e. The number of benzene rings is 1. The van der Waals surface area contributed by atoms with E-state index in [4.69, 9.17) is 0 Å². The van der Waals surface area contributed by atoms with Crippen molar-refractivity contribution in [2.45, 2.75) is 38.4 Å². The molecule has 0 bridgehead atoms. The van der Waals surface area contributed by atoms with E-state index in [-0.39, 0.29) is 17.7 Å². The summed E-state index contributed by atoms with van der Waals surface area (Å²) in [6.07, 6.45) is 2.10. The normalized spacial score (nSPS) is 16.3. The van der Waals surface area contributed by atoms with E-state index in [1.807, 2.05) is 0 Å². The van der Waals surface area contributed by atoms with Gasteiger partial charge in [0.1, 0.15) is 11.6 Å². The Labute approximate surface area is 105 Å². The summed E-state index contributed by atoms with van der Waals surface area (Å²) in [5.41, 5.74) is 0.610. The van der Waals surface area contributed by atoms with Gasteiger partial charge in [-0.05, 0) is 37.5 Å². The maximum Gasteiger partial charge on any atom is 0.237 e. The van der Waals surface area contributed by atoms with E-state index in [9.17, 15) is 14.3 Å². The van der Waals surface area contributed by atoms with Crippen molar-refractivity contribution in [1.29, 1.82) is 0 Å². The van der Waals surface area contributed by atoms with Gasteiger partial charge in [0.2, 0.25) is 5.91 Å². The molecule has 3 N–H and O–H groups in total. The van der Waals surface area contributed by atoms with Gasteiger partial charge in [0.25, 0.3) is 0 Å². The van der Waals surface area contributed by atoms with Crippen molar-refractivity contribution >= 4 is 5.91 Å². The van der Waals surface area contributed by atoms with Crippen molar-refractivity contribution in [1.82, 2.24) is 10.6 Å². The molecule has 1 saturated carbocycles. The summed E-state index contributed by atoms with van der Waals surface area (Å²) in [7, 11) is 0. The van der Waals surface area contributed by atoms with Crippen LogP contribution in [0.2, 0.25) is 0 Å². The van der Waals surface area contributed by atoms with Crippen LogP contribution < -0.4 is 10.6 Å². The molecule has 2 rings (SSSR count). The van der Waals surface area contributed by atoms with E-state index in [0.717, 1.165) is 18.9 Å². The predicted molar refractivity (Wildman–Crippen MR) is 65.5 cm³/mol. The number of rotatable bonds is 5. The Balaban J connectivity index is 1.83. The number of hydrogen-bond donors (Lipinski definition) is 3. The lowest BCUT2D eigenvalue weighted by Crippen LogP contribution is -2.42. The van der Waals surface area contributed by atoms with E-state index in [2.05, 4.69) is 10.6 Å². The molecule has 1 unspecified atom stereocenters. The van der Waals surface area contributed by atoms with Gasteiger partial charge < -0.3 is 15.7 Å². The van der Waals surface area contributed by atoms with E-state index >= 15 is 0 Å². The number of hydrogen-bond acceptors (Lipinski definition) is 3. The molecule has 1 aliphatic rings. The summed E-state index contributed by atoms with van der Waals surface area (Å²) < 4.78 is 13.0. The Morgan fingerprint density at radius 1 is 1.50 bits per heavy atom. The molecule has 0 spiro atoms. The molecule has 0 aliphatic heterocycles. The zero-order valence-corrected chi connectivity index (χ0v) is 10.2. The maximum absolute atomic E-state index is 13.0. The van der Waals surface area contributed by atoms with Crippen LogP contribution in [-0.2, 0) is 11.3 Å². The lowest BCUT2D eigenvalue weighted by atomic mass is 10.2. The average molecular weight is 252 g/mol. The maximum atomic E-state index is 13.0. The molecule has 5 heteroatoms. The minimum atomic E-state index is -0.484. The van der Waals surface area contributed by atoms with E-state index in [0.29, 0.717) is 18.2 Å². The van der Waals surface area contributed by atoms with Crippen LogP contribution in [0.15, 0.2) is 18.2 Å². The first-order valence-corrected chi connectivity index (χ1v) is 6.07. The minimum Gasteiger partial charge on any atom is -0.508 e. The molecule has 98 valence electrons. The zero-order chi connectivity index (χ0) is 13.1. The quantitative estimate of drug-likeness (QED) is 0.740.